The van der Waals surface area contributed by atoms with Gasteiger partial charge in [0.15, 0.2) is 0 Å². The Balaban J connectivity index is 1.33. The molecule has 1 aliphatic heterocycles. The van der Waals surface area contributed by atoms with Crippen molar-refractivity contribution in [2.75, 3.05) is 37.7 Å². The van der Waals surface area contributed by atoms with Gasteiger partial charge in [0.2, 0.25) is 11.8 Å². The smallest absolute Gasteiger partial charge is 0.230 e. The molecule has 2 amide bonds. The number of hydrogen-bond donors (Lipinski definition) is 0. The van der Waals surface area contributed by atoms with Crippen LogP contribution in [-0.4, -0.2) is 54.4 Å². The van der Waals surface area contributed by atoms with Crippen molar-refractivity contribution in [2.45, 2.75) is 45.2 Å². The number of nitrogens with zero attached hydrogens (tertiary/aromatic N) is 3. The average molecular weight is 578 g/mol. The molecular weight excluding hydrogens is 541 g/mol. The van der Waals surface area contributed by atoms with Crippen LogP contribution in [0.4, 0.5) is 10.1 Å². The summed E-state index contributed by atoms with van der Waals surface area (Å²) in [6.07, 6.45) is 3.78. The number of amides is 2. The molecule has 1 fully saturated rings. The first kappa shape index (κ1) is 29.1. The number of ether oxygens (including phenoxy) is 1. The minimum atomic E-state index is -0.328. The van der Waals surface area contributed by atoms with Crippen molar-refractivity contribution in [3.8, 4) is 5.75 Å². The van der Waals surface area contributed by atoms with Crippen LogP contribution in [0, 0.1) is 11.7 Å². The van der Waals surface area contributed by atoms with E-state index in [2.05, 4.69) is 17.0 Å². The van der Waals surface area contributed by atoms with Gasteiger partial charge in [0.05, 0.1) is 13.0 Å². The van der Waals surface area contributed by atoms with Crippen LogP contribution in [-0.2, 0) is 22.7 Å². The minimum Gasteiger partial charge on any atom is -0.493 e. The van der Waals surface area contributed by atoms with Crippen molar-refractivity contribution >= 4 is 29.1 Å². The Morgan fingerprint density at radius 3 is 2.32 bits per heavy atom. The van der Waals surface area contributed by atoms with Gasteiger partial charge in [-0.3, -0.25) is 14.5 Å². The maximum Gasteiger partial charge on any atom is 0.230 e. The lowest BCUT2D eigenvalue weighted by atomic mass is 10.1. The molecule has 1 saturated carbocycles. The Labute approximate surface area is 246 Å². The molecule has 0 unspecified atom stereocenters. The normalized spacial score (nSPS) is 16.8. The molecular formula is C33H37ClFN3O3. The fourth-order valence-electron chi connectivity index (χ4n) is 5.31. The molecule has 8 heteroatoms. The van der Waals surface area contributed by atoms with Crippen molar-refractivity contribution in [2.24, 2.45) is 5.92 Å². The molecule has 3 aromatic rings. The highest BCUT2D eigenvalue weighted by molar-refractivity contribution is 6.30. The maximum atomic E-state index is 13.5. The Hall–Kier alpha value is -3.42. The zero-order valence-electron chi connectivity index (χ0n) is 23.3. The highest BCUT2D eigenvalue weighted by atomic mass is 35.5. The van der Waals surface area contributed by atoms with E-state index in [4.69, 9.17) is 16.3 Å². The molecule has 1 heterocycles. The SMILES string of the molecule is O=C(CCOc1ccc(F)cc1)N1CCCN(Cc2ccc(Cl)cc2)CCCN(C(=O)C2CC2)c2ccccc2C1. The summed E-state index contributed by atoms with van der Waals surface area (Å²) in [6.45, 7) is 4.33. The largest absolute Gasteiger partial charge is 0.493 e. The minimum absolute atomic E-state index is 0.0108. The van der Waals surface area contributed by atoms with E-state index < -0.39 is 0 Å². The van der Waals surface area contributed by atoms with Crippen molar-refractivity contribution in [3.05, 3.63) is 94.8 Å². The van der Waals surface area contributed by atoms with Crippen LogP contribution in [0.5, 0.6) is 5.75 Å². The molecule has 3 aromatic carbocycles. The molecule has 6 nitrogen and oxygen atoms in total. The first-order chi connectivity index (χ1) is 20.0. The summed E-state index contributed by atoms with van der Waals surface area (Å²) in [6, 6.07) is 21.7. The van der Waals surface area contributed by atoms with Gasteiger partial charge >= 0.3 is 0 Å². The third-order valence-electron chi connectivity index (χ3n) is 7.67. The van der Waals surface area contributed by atoms with E-state index in [0.717, 1.165) is 56.6 Å². The maximum absolute atomic E-state index is 13.5. The van der Waals surface area contributed by atoms with Gasteiger partial charge in [-0.15, -0.1) is 0 Å². The first-order valence-electron chi connectivity index (χ1n) is 14.5. The van der Waals surface area contributed by atoms with Crippen molar-refractivity contribution in [1.82, 2.24) is 9.80 Å². The fraction of sp³-hybridized carbons (Fsp3) is 0.394. The van der Waals surface area contributed by atoms with E-state index in [-0.39, 0.29) is 36.6 Å². The van der Waals surface area contributed by atoms with E-state index in [1.165, 1.54) is 17.7 Å². The zero-order valence-corrected chi connectivity index (χ0v) is 24.1. The van der Waals surface area contributed by atoms with Gasteiger partial charge in [0.1, 0.15) is 11.6 Å². The second-order valence-corrected chi connectivity index (χ2v) is 11.3. The number of benzene rings is 3. The summed E-state index contributed by atoms with van der Waals surface area (Å²) in [7, 11) is 0. The van der Waals surface area contributed by atoms with Gasteiger partial charge in [-0.1, -0.05) is 41.9 Å². The number of hydrogen-bond acceptors (Lipinski definition) is 4. The number of anilines is 1. The average Bonchev–Trinajstić information content (AvgIpc) is 3.82. The van der Waals surface area contributed by atoms with Gasteiger partial charge in [-0.2, -0.15) is 0 Å². The van der Waals surface area contributed by atoms with Gasteiger partial charge in [0, 0.05) is 55.9 Å². The fourth-order valence-corrected chi connectivity index (χ4v) is 5.43. The number of rotatable bonds is 7. The molecule has 0 aromatic heterocycles. The molecule has 0 atom stereocenters. The summed E-state index contributed by atoms with van der Waals surface area (Å²) in [5.74, 6) is 0.478. The summed E-state index contributed by atoms with van der Waals surface area (Å²) >= 11 is 6.10. The van der Waals surface area contributed by atoms with Gasteiger partial charge in [-0.25, -0.2) is 4.39 Å². The van der Waals surface area contributed by atoms with Gasteiger partial charge in [-0.05, 0) is 79.3 Å². The lowest BCUT2D eigenvalue weighted by Gasteiger charge is -2.32. The van der Waals surface area contributed by atoms with Crippen LogP contribution in [0.1, 0.15) is 43.2 Å². The van der Waals surface area contributed by atoms with Crippen LogP contribution in [0.3, 0.4) is 0 Å². The number of carbonyl (C=O) groups excluding carboxylic acids is 2. The summed E-state index contributed by atoms with van der Waals surface area (Å²) in [4.78, 5) is 33.2. The first-order valence-corrected chi connectivity index (χ1v) is 14.9. The number of para-hydroxylation sites is 1. The predicted octanol–water partition coefficient (Wildman–Crippen LogP) is 6.32. The second kappa shape index (κ2) is 14.0. The van der Waals surface area contributed by atoms with Crippen molar-refractivity contribution < 1.29 is 18.7 Å². The molecule has 0 spiro atoms. The molecule has 0 N–H and O–H groups in total. The van der Waals surface area contributed by atoms with Gasteiger partial charge in [0.25, 0.3) is 0 Å². The van der Waals surface area contributed by atoms with E-state index in [0.29, 0.717) is 30.4 Å². The lowest BCUT2D eigenvalue weighted by Crippen LogP contribution is -2.39. The third-order valence-corrected chi connectivity index (χ3v) is 7.92. The Kier molecular flexibility index (Phi) is 9.91. The quantitative estimate of drug-likeness (QED) is 0.330. The predicted molar refractivity (Wildman–Crippen MR) is 159 cm³/mol. The summed E-state index contributed by atoms with van der Waals surface area (Å²) in [5.41, 5.74) is 3.06. The van der Waals surface area contributed by atoms with Crippen LogP contribution in [0.25, 0.3) is 0 Å². The third kappa shape index (κ3) is 8.30. The molecule has 1 aliphatic carbocycles. The molecule has 0 bridgehead atoms. The summed E-state index contributed by atoms with van der Waals surface area (Å²) < 4.78 is 18.9. The number of halogens is 2. The highest BCUT2D eigenvalue weighted by Gasteiger charge is 2.35. The standard InChI is InChI=1S/C33H37ClFN3O3/c34-28-11-7-25(8-12-28)23-36-18-3-20-37(32(39)17-22-41-30-15-13-29(35)14-16-30)24-27-5-1-2-6-31(27)38(21-4-19-36)33(40)26-9-10-26/h1-2,5-8,11-16,26H,3-4,9-10,17-24H2. The number of carbonyl (C=O) groups is 2. The van der Waals surface area contributed by atoms with Crippen LogP contribution >= 0.6 is 11.6 Å². The number of fused-ring (bicyclic) bond motifs is 1. The van der Waals surface area contributed by atoms with Crippen molar-refractivity contribution in [1.29, 1.82) is 0 Å². The van der Waals surface area contributed by atoms with Crippen LogP contribution in [0.2, 0.25) is 5.02 Å². The molecule has 0 saturated heterocycles. The molecule has 0 radical (unpaired) electrons. The van der Waals surface area contributed by atoms with E-state index >= 15 is 0 Å². The summed E-state index contributed by atoms with van der Waals surface area (Å²) in [5, 5.41) is 0.716. The highest BCUT2D eigenvalue weighted by Crippen LogP contribution is 2.34. The molecule has 2 aliphatic rings. The Morgan fingerprint density at radius 2 is 1.59 bits per heavy atom. The topological polar surface area (TPSA) is 53.1 Å². The second-order valence-electron chi connectivity index (χ2n) is 10.9. The van der Waals surface area contributed by atoms with E-state index in [1.807, 2.05) is 46.2 Å². The van der Waals surface area contributed by atoms with E-state index in [1.54, 1.807) is 12.1 Å². The molecule has 216 valence electrons. The van der Waals surface area contributed by atoms with E-state index in [9.17, 15) is 14.0 Å². The lowest BCUT2D eigenvalue weighted by molar-refractivity contribution is -0.132. The zero-order chi connectivity index (χ0) is 28.6. The molecule has 41 heavy (non-hydrogen) atoms. The van der Waals surface area contributed by atoms with Crippen LogP contribution < -0.4 is 9.64 Å². The van der Waals surface area contributed by atoms with Gasteiger partial charge < -0.3 is 14.5 Å². The van der Waals surface area contributed by atoms with Crippen LogP contribution in [0.15, 0.2) is 72.8 Å². The Morgan fingerprint density at radius 1 is 0.878 bits per heavy atom. The van der Waals surface area contributed by atoms with Crippen molar-refractivity contribution in [3.63, 3.8) is 0 Å². The molecule has 5 rings (SSSR count). The monoisotopic (exact) mass is 577 g/mol. The Bertz CT molecular complexity index is 1310.